The van der Waals surface area contributed by atoms with Crippen molar-refractivity contribution in [3.05, 3.63) is 20.2 Å². The molecule has 0 fully saturated rings. The van der Waals surface area contributed by atoms with Crippen LogP contribution in [0.25, 0.3) is 0 Å². The summed E-state index contributed by atoms with van der Waals surface area (Å²) in [4.78, 5) is 19.4. The Morgan fingerprint density at radius 3 is 1.39 bits per heavy atom. The maximum Gasteiger partial charge on any atom is 0.478 e. The van der Waals surface area contributed by atoms with Gasteiger partial charge in [0, 0.05) is 10.3 Å². The lowest BCUT2D eigenvalue weighted by Crippen LogP contribution is -1.96. The summed E-state index contributed by atoms with van der Waals surface area (Å²) in [6.07, 6.45) is 0. The first kappa shape index (κ1) is 13.8. The summed E-state index contributed by atoms with van der Waals surface area (Å²) in [5.74, 6) is -4.20. The molecule has 0 saturated heterocycles. The molecule has 0 aliphatic rings. The highest BCUT2D eigenvalue weighted by Crippen LogP contribution is 2.35. The number of nitrogens with zero attached hydrogens (tertiary/aromatic N) is 8. The number of ether oxygens (including phenoxy) is 2. The van der Waals surface area contributed by atoms with Crippen LogP contribution in [0.15, 0.2) is 13.9 Å². The summed E-state index contributed by atoms with van der Waals surface area (Å²) < 4.78 is 22.3. The smallest absolute Gasteiger partial charge is 0.404 e. The molecule has 0 aromatic carbocycles. The van der Waals surface area contributed by atoms with Crippen molar-refractivity contribution in [1.29, 1.82) is 0 Å². The molecule has 0 saturated carbocycles. The summed E-state index contributed by atoms with van der Waals surface area (Å²) >= 11 is 0. The van der Waals surface area contributed by atoms with Crippen LogP contribution < -0.4 is 9.47 Å². The van der Waals surface area contributed by atoms with Crippen LogP contribution in [0.5, 0.6) is 23.5 Å². The number of aromatic nitrogens is 6. The van der Waals surface area contributed by atoms with E-state index in [1.165, 1.54) is 0 Å². The minimum atomic E-state index is -0.938. The van der Waals surface area contributed by atoms with Crippen molar-refractivity contribution in [2.45, 2.75) is 0 Å². The van der Waals surface area contributed by atoms with Gasteiger partial charge in [0.2, 0.25) is 0 Å². The van der Waals surface area contributed by atoms with E-state index in [1.54, 1.807) is 0 Å². The van der Waals surface area contributed by atoms with E-state index in [2.05, 4.69) is 44.8 Å². The third-order valence-corrected chi connectivity index (χ3v) is 2.05. The fourth-order valence-electron chi connectivity index (χ4n) is 1.18. The fourth-order valence-corrected chi connectivity index (χ4v) is 1.18. The van der Waals surface area contributed by atoms with Gasteiger partial charge in [-0.25, -0.2) is 4.63 Å². The van der Waals surface area contributed by atoms with Gasteiger partial charge in [0.05, 0.1) is 0 Å². The lowest BCUT2D eigenvalue weighted by Gasteiger charge is -1.97. The van der Waals surface area contributed by atoms with Crippen LogP contribution >= 0.6 is 0 Å². The van der Waals surface area contributed by atoms with E-state index in [0.717, 1.165) is 0 Å². The summed E-state index contributed by atoms with van der Waals surface area (Å²) in [7, 11) is 0. The van der Waals surface area contributed by atoms with Gasteiger partial charge in [0.25, 0.3) is 0 Å². The first-order valence-corrected chi connectivity index (χ1v) is 5.18. The maximum absolute atomic E-state index is 10.6. The van der Waals surface area contributed by atoms with Gasteiger partial charge in [-0.1, -0.05) is 0 Å². The average molecular weight is 328 g/mol. The van der Waals surface area contributed by atoms with E-state index in [9.17, 15) is 20.2 Å². The Hall–Kier alpha value is -4.18. The molecular formula is C6N8O9. The van der Waals surface area contributed by atoms with Gasteiger partial charge in [0.1, 0.15) is 0 Å². The standard InChI is InChI=1S/C6N8O9/c15-13(16)1-3(9-21-7-1)19-5-6(12-23-11-5)20-4-2(14(17)18)8-22-10-4. The topological polar surface area (TPSA) is 221 Å². The third kappa shape index (κ3) is 2.55. The van der Waals surface area contributed by atoms with Crippen molar-refractivity contribution in [3.8, 4) is 23.5 Å². The molecule has 3 aromatic heterocycles. The molecular weight excluding hydrogens is 328 g/mol. The Morgan fingerprint density at radius 1 is 0.652 bits per heavy atom. The van der Waals surface area contributed by atoms with Crippen LogP contribution in [0.3, 0.4) is 0 Å². The molecule has 17 heteroatoms. The van der Waals surface area contributed by atoms with E-state index in [4.69, 9.17) is 9.47 Å². The number of rotatable bonds is 6. The SMILES string of the molecule is O=[N+]([O-])c1nonc1Oc1nonc1Oc1nonc1[N+](=O)[O-]. The molecule has 0 unspecified atom stereocenters. The van der Waals surface area contributed by atoms with Gasteiger partial charge in [-0.05, 0) is 20.2 Å². The Kier molecular flexibility index (Phi) is 3.18. The quantitative estimate of drug-likeness (QED) is 0.436. The van der Waals surface area contributed by atoms with Crippen LogP contribution in [0.2, 0.25) is 0 Å². The summed E-state index contributed by atoms with van der Waals surface area (Å²) in [6.45, 7) is 0. The Balaban J connectivity index is 1.85. The normalized spacial score (nSPS) is 10.4. The summed E-state index contributed by atoms with van der Waals surface area (Å²) in [6, 6.07) is 0. The molecule has 0 amide bonds. The van der Waals surface area contributed by atoms with Gasteiger partial charge >= 0.3 is 35.2 Å². The molecule has 0 bridgehead atoms. The second-order valence-corrected chi connectivity index (χ2v) is 3.38. The molecule has 3 rings (SSSR count). The first-order valence-electron chi connectivity index (χ1n) is 5.18. The lowest BCUT2D eigenvalue weighted by atomic mass is 10.6. The zero-order valence-electron chi connectivity index (χ0n) is 10.3. The Bertz CT molecular complexity index is 796. The second-order valence-electron chi connectivity index (χ2n) is 3.38. The molecule has 3 heterocycles. The van der Waals surface area contributed by atoms with E-state index >= 15 is 0 Å². The third-order valence-electron chi connectivity index (χ3n) is 2.05. The van der Waals surface area contributed by atoms with Crippen LogP contribution in [-0.2, 0) is 0 Å². The molecule has 0 spiro atoms. The molecule has 23 heavy (non-hydrogen) atoms. The van der Waals surface area contributed by atoms with Gasteiger partial charge in [-0.3, -0.25) is 0 Å². The minimum Gasteiger partial charge on any atom is -0.404 e. The first-order chi connectivity index (χ1) is 11.1. The van der Waals surface area contributed by atoms with Crippen molar-refractivity contribution in [1.82, 2.24) is 30.9 Å². The second kappa shape index (κ2) is 5.31. The maximum atomic E-state index is 10.6. The number of hydrogen-bond acceptors (Lipinski definition) is 15. The molecule has 0 aliphatic heterocycles. The van der Waals surface area contributed by atoms with Crippen molar-refractivity contribution in [2.24, 2.45) is 0 Å². The van der Waals surface area contributed by atoms with Crippen molar-refractivity contribution >= 4 is 11.6 Å². The number of nitro groups is 2. The monoisotopic (exact) mass is 328 g/mol. The summed E-state index contributed by atoms with van der Waals surface area (Å²) in [5.41, 5.74) is 0. The Morgan fingerprint density at radius 2 is 1.00 bits per heavy atom. The largest absolute Gasteiger partial charge is 0.478 e. The fraction of sp³-hybridized carbons (Fsp3) is 0. The molecule has 118 valence electrons. The zero-order valence-corrected chi connectivity index (χ0v) is 10.3. The highest BCUT2D eigenvalue weighted by Gasteiger charge is 2.31. The van der Waals surface area contributed by atoms with E-state index in [1.807, 2.05) is 0 Å². The van der Waals surface area contributed by atoms with Crippen molar-refractivity contribution < 1.29 is 33.2 Å². The van der Waals surface area contributed by atoms with E-state index in [-0.39, 0.29) is 0 Å². The van der Waals surface area contributed by atoms with E-state index < -0.39 is 45.0 Å². The summed E-state index contributed by atoms with van der Waals surface area (Å²) in [5, 5.41) is 40.0. The highest BCUT2D eigenvalue weighted by atomic mass is 16.7. The zero-order chi connectivity index (χ0) is 16.4. The predicted molar refractivity (Wildman–Crippen MR) is 56.4 cm³/mol. The average Bonchev–Trinajstić information content (AvgIpc) is 3.21. The van der Waals surface area contributed by atoms with E-state index in [0.29, 0.717) is 0 Å². The van der Waals surface area contributed by atoms with Crippen LogP contribution in [0, 0.1) is 20.2 Å². The van der Waals surface area contributed by atoms with Gasteiger partial charge in [-0.2, -0.15) is 0 Å². The molecule has 0 radical (unpaired) electrons. The Labute approximate surface area is 120 Å². The van der Waals surface area contributed by atoms with Crippen molar-refractivity contribution in [3.63, 3.8) is 0 Å². The van der Waals surface area contributed by atoms with Crippen LogP contribution in [0.4, 0.5) is 11.6 Å². The van der Waals surface area contributed by atoms with Crippen LogP contribution in [-0.4, -0.2) is 40.8 Å². The number of hydrogen-bond donors (Lipinski definition) is 0. The molecule has 3 aromatic rings. The minimum absolute atomic E-state index is 0.568. The highest BCUT2D eigenvalue weighted by molar-refractivity contribution is 5.38. The van der Waals surface area contributed by atoms with Crippen LogP contribution in [0.1, 0.15) is 0 Å². The molecule has 0 aliphatic carbocycles. The molecule has 0 atom stereocenters. The van der Waals surface area contributed by atoms with Crippen molar-refractivity contribution in [2.75, 3.05) is 0 Å². The van der Waals surface area contributed by atoms with Gasteiger partial charge < -0.3 is 29.7 Å². The lowest BCUT2D eigenvalue weighted by molar-refractivity contribution is -0.391. The predicted octanol–water partition coefficient (Wildman–Crippen LogP) is 0.237. The van der Waals surface area contributed by atoms with Gasteiger partial charge in [0.15, 0.2) is 10.3 Å². The molecule has 0 N–H and O–H groups in total. The molecule has 17 nitrogen and oxygen atoms in total. The van der Waals surface area contributed by atoms with Gasteiger partial charge in [-0.15, -0.1) is 9.26 Å².